The minimum atomic E-state index is -0.442. The van der Waals surface area contributed by atoms with Gasteiger partial charge in [0, 0.05) is 35.4 Å². The van der Waals surface area contributed by atoms with Gasteiger partial charge in [-0.2, -0.15) is 0 Å². The van der Waals surface area contributed by atoms with Gasteiger partial charge in [-0.1, -0.05) is 0 Å². The summed E-state index contributed by atoms with van der Waals surface area (Å²) in [6.45, 7) is 1.60. The van der Waals surface area contributed by atoms with Crippen LogP contribution in [0.2, 0.25) is 0 Å². The molecule has 0 aliphatic rings. The number of halogens is 1. The van der Waals surface area contributed by atoms with Gasteiger partial charge in [-0.05, 0) is 31.2 Å². The summed E-state index contributed by atoms with van der Waals surface area (Å²) in [5.74, 6) is -0.0818. The molecule has 0 unspecified atom stereocenters. The number of hydrogen-bond acceptors (Lipinski definition) is 5. The molecule has 2 heterocycles. The van der Waals surface area contributed by atoms with Gasteiger partial charge < -0.3 is 11.5 Å². The molecule has 4 N–H and O–H groups in total. The fourth-order valence-corrected chi connectivity index (χ4v) is 2.19. The third-order valence-corrected chi connectivity index (χ3v) is 3.44. The Labute approximate surface area is 126 Å². The average Bonchev–Trinajstić information content (AvgIpc) is 2.54. The van der Waals surface area contributed by atoms with E-state index in [1.54, 1.807) is 31.6 Å². The summed E-state index contributed by atoms with van der Waals surface area (Å²) in [5, 5.41) is 0. The Morgan fingerprint density at radius 3 is 2.68 bits per heavy atom. The van der Waals surface area contributed by atoms with Crippen molar-refractivity contribution in [3.63, 3.8) is 0 Å². The van der Waals surface area contributed by atoms with E-state index in [0.29, 0.717) is 22.6 Å². The smallest absolute Gasteiger partial charge is 0.163 e. The highest BCUT2D eigenvalue weighted by molar-refractivity contribution is 5.85. The second-order valence-corrected chi connectivity index (χ2v) is 4.87. The molecule has 0 amide bonds. The van der Waals surface area contributed by atoms with Gasteiger partial charge in [0.2, 0.25) is 0 Å². The molecule has 0 atom stereocenters. The molecular weight excluding hydrogens is 281 g/mol. The van der Waals surface area contributed by atoms with Crippen molar-refractivity contribution in [1.29, 1.82) is 0 Å². The van der Waals surface area contributed by atoms with Gasteiger partial charge in [0.15, 0.2) is 5.82 Å². The number of anilines is 2. The van der Waals surface area contributed by atoms with Crippen LogP contribution in [0.5, 0.6) is 0 Å². The Balaban J connectivity index is 2.17. The Bertz CT molecular complexity index is 833. The van der Waals surface area contributed by atoms with E-state index < -0.39 is 5.82 Å². The monoisotopic (exact) mass is 295 g/mol. The van der Waals surface area contributed by atoms with Crippen molar-refractivity contribution in [3.8, 4) is 22.6 Å². The van der Waals surface area contributed by atoms with E-state index in [2.05, 4.69) is 15.0 Å². The lowest BCUT2D eigenvalue weighted by Gasteiger charge is -2.12. The van der Waals surface area contributed by atoms with Gasteiger partial charge in [0.05, 0.1) is 16.9 Å². The fourth-order valence-electron chi connectivity index (χ4n) is 2.19. The van der Waals surface area contributed by atoms with Gasteiger partial charge in [-0.25, -0.2) is 14.4 Å². The topological polar surface area (TPSA) is 90.7 Å². The number of aromatic nitrogens is 3. The molecule has 110 valence electrons. The van der Waals surface area contributed by atoms with Crippen LogP contribution in [-0.4, -0.2) is 15.0 Å². The zero-order valence-corrected chi connectivity index (χ0v) is 11.9. The summed E-state index contributed by atoms with van der Waals surface area (Å²) in [5.41, 5.74) is 14.7. The Hall–Kier alpha value is -3.02. The number of hydrogen-bond donors (Lipinski definition) is 2. The standard InChI is InChI=1S/C16H14FN5/c1-9-11(17)7-12(18)14(15(9)19)16-21-6-4-13(22-16)10-3-2-5-20-8-10/h2-8H,18-19H2,1H3. The molecule has 0 saturated heterocycles. The van der Waals surface area contributed by atoms with Crippen LogP contribution in [0.4, 0.5) is 15.8 Å². The molecule has 0 bridgehead atoms. The maximum atomic E-state index is 13.7. The summed E-state index contributed by atoms with van der Waals surface area (Å²) in [6.07, 6.45) is 5.00. The Morgan fingerprint density at radius 2 is 1.95 bits per heavy atom. The molecule has 0 spiro atoms. The second-order valence-electron chi connectivity index (χ2n) is 4.87. The van der Waals surface area contributed by atoms with Gasteiger partial charge >= 0.3 is 0 Å². The van der Waals surface area contributed by atoms with E-state index in [9.17, 15) is 4.39 Å². The van der Waals surface area contributed by atoms with Gasteiger partial charge in [0.1, 0.15) is 5.82 Å². The average molecular weight is 295 g/mol. The summed E-state index contributed by atoms with van der Waals surface area (Å²) < 4.78 is 13.7. The van der Waals surface area contributed by atoms with E-state index in [-0.39, 0.29) is 11.4 Å². The van der Waals surface area contributed by atoms with E-state index >= 15 is 0 Å². The number of nitrogens with two attached hydrogens (primary N) is 2. The minimum Gasteiger partial charge on any atom is -0.398 e. The number of benzene rings is 1. The molecular formula is C16H14FN5. The van der Waals surface area contributed by atoms with Gasteiger partial charge in [-0.15, -0.1) is 0 Å². The van der Waals surface area contributed by atoms with Crippen molar-refractivity contribution in [2.24, 2.45) is 0 Å². The zero-order valence-electron chi connectivity index (χ0n) is 11.9. The SMILES string of the molecule is Cc1c(F)cc(N)c(-c2nccc(-c3cccnc3)n2)c1N. The third kappa shape index (κ3) is 2.35. The largest absolute Gasteiger partial charge is 0.398 e. The van der Waals surface area contributed by atoms with Crippen LogP contribution in [-0.2, 0) is 0 Å². The van der Waals surface area contributed by atoms with Crippen molar-refractivity contribution >= 4 is 11.4 Å². The van der Waals surface area contributed by atoms with Gasteiger partial charge in [0.25, 0.3) is 0 Å². The van der Waals surface area contributed by atoms with E-state index in [0.717, 1.165) is 5.56 Å². The van der Waals surface area contributed by atoms with Crippen LogP contribution >= 0.6 is 0 Å². The van der Waals surface area contributed by atoms with Gasteiger partial charge in [-0.3, -0.25) is 4.98 Å². The number of nitrogen functional groups attached to an aromatic ring is 2. The first-order valence-corrected chi connectivity index (χ1v) is 6.66. The van der Waals surface area contributed by atoms with E-state index in [4.69, 9.17) is 11.5 Å². The number of pyridine rings is 1. The highest BCUT2D eigenvalue weighted by atomic mass is 19.1. The van der Waals surface area contributed by atoms with Crippen molar-refractivity contribution in [2.75, 3.05) is 11.5 Å². The van der Waals surface area contributed by atoms with Crippen LogP contribution in [0.25, 0.3) is 22.6 Å². The zero-order chi connectivity index (χ0) is 15.7. The molecule has 6 heteroatoms. The minimum absolute atomic E-state index is 0.212. The maximum absolute atomic E-state index is 13.7. The first-order chi connectivity index (χ1) is 10.6. The lowest BCUT2D eigenvalue weighted by atomic mass is 10.0. The number of nitrogens with zero attached hydrogens (tertiary/aromatic N) is 3. The van der Waals surface area contributed by atoms with E-state index in [1.165, 1.54) is 6.07 Å². The summed E-state index contributed by atoms with van der Waals surface area (Å²) in [6, 6.07) is 6.72. The molecule has 0 saturated carbocycles. The van der Waals surface area contributed by atoms with Crippen LogP contribution in [0, 0.1) is 12.7 Å². The van der Waals surface area contributed by atoms with Crippen molar-refractivity contribution in [3.05, 3.63) is 54.2 Å². The molecule has 0 radical (unpaired) electrons. The van der Waals surface area contributed by atoms with E-state index in [1.807, 2.05) is 12.1 Å². The predicted octanol–water partition coefficient (Wildman–Crippen LogP) is 2.82. The Kier molecular flexibility index (Phi) is 3.42. The molecule has 5 nitrogen and oxygen atoms in total. The highest BCUT2D eigenvalue weighted by Gasteiger charge is 2.16. The summed E-state index contributed by atoms with van der Waals surface area (Å²) in [4.78, 5) is 12.8. The third-order valence-electron chi connectivity index (χ3n) is 3.44. The van der Waals surface area contributed by atoms with Crippen molar-refractivity contribution < 1.29 is 4.39 Å². The number of rotatable bonds is 2. The lowest BCUT2D eigenvalue weighted by molar-refractivity contribution is 0.620. The molecule has 0 aliphatic carbocycles. The van der Waals surface area contributed by atoms with Crippen LogP contribution in [0.15, 0.2) is 42.9 Å². The summed E-state index contributed by atoms with van der Waals surface area (Å²) in [7, 11) is 0. The predicted molar refractivity (Wildman–Crippen MR) is 84.2 cm³/mol. The molecule has 0 aliphatic heterocycles. The lowest BCUT2D eigenvalue weighted by Crippen LogP contribution is -2.04. The highest BCUT2D eigenvalue weighted by Crippen LogP contribution is 2.34. The normalized spacial score (nSPS) is 10.6. The first kappa shape index (κ1) is 13.9. The molecule has 3 rings (SSSR count). The molecule has 22 heavy (non-hydrogen) atoms. The molecule has 3 aromatic rings. The van der Waals surface area contributed by atoms with Crippen molar-refractivity contribution in [1.82, 2.24) is 15.0 Å². The Morgan fingerprint density at radius 1 is 1.14 bits per heavy atom. The molecule has 2 aromatic heterocycles. The molecule has 0 fully saturated rings. The van der Waals surface area contributed by atoms with Crippen LogP contribution < -0.4 is 11.5 Å². The fraction of sp³-hybridized carbons (Fsp3) is 0.0625. The second kappa shape index (κ2) is 5.40. The van der Waals surface area contributed by atoms with Crippen molar-refractivity contribution in [2.45, 2.75) is 6.92 Å². The molecule has 1 aromatic carbocycles. The summed E-state index contributed by atoms with van der Waals surface area (Å²) >= 11 is 0. The quantitative estimate of drug-likeness (QED) is 0.709. The maximum Gasteiger partial charge on any atom is 0.163 e. The van der Waals surface area contributed by atoms with Crippen LogP contribution in [0.1, 0.15) is 5.56 Å². The first-order valence-electron chi connectivity index (χ1n) is 6.66. The van der Waals surface area contributed by atoms with Crippen LogP contribution in [0.3, 0.4) is 0 Å².